The number of hydrogen-bond acceptors (Lipinski definition) is 5. The van der Waals surface area contributed by atoms with E-state index in [9.17, 15) is 14.4 Å². The number of hydrazine groups is 2. The van der Waals surface area contributed by atoms with Crippen molar-refractivity contribution in [2.45, 2.75) is 12.8 Å². The lowest BCUT2D eigenvalue weighted by molar-refractivity contribution is -0.131. The number of carbonyl (C=O) groups excluding carboxylic acids is 3. The summed E-state index contributed by atoms with van der Waals surface area (Å²) in [7, 11) is 0. The smallest absolute Gasteiger partial charge is 0.274 e. The van der Waals surface area contributed by atoms with E-state index in [1.165, 1.54) is 0 Å². The average Bonchev–Trinajstić information content (AvgIpc) is 2.43. The van der Waals surface area contributed by atoms with Crippen LogP contribution in [0, 0.1) is 0 Å². The zero-order valence-corrected chi connectivity index (χ0v) is 9.63. The number of hydrogen-bond donors (Lipinski definition) is 3. The van der Waals surface area contributed by atoms with Gasteiger partial charge in [0.15, 0.2) is 0 Å². The van der Waals surface area contributed by atoms with Gasteiger partial charge in [0.25, 0.3) is 5.91 Å². The minimum Gasteiger partial charge on any atom is -0.294 e. The van der Waals surface area contributed by atoms with Crippen molar-refractivity contribution in [3.8, 4) is 0 Å². The molecule has 5 N–H and O–H groups in total. The van der Waals surface area contributed by atoms with Crippen molar-refractivity contribution >= 4 is 17.7 Å². The maximum Gasteiger partial charge on any atom is 0.274 e. The van der Waals surface area contributed by atoms with Gasteiger partial charge in [0.1, 0.15) is 0 Å². The number of nitrogens with zero attached hydrogens (tertiary/aromatic N) is 1. The van der Waals surface area contributed by atoms with E-state index in [0.717, 1.165) is 0 Å². The normalized spacial score (nSPS) is 9.67. The lowest BCUT2D eigenvalue weighted by Gasteiger charge is -2.14. The van der Waals surface area contributed by atoms with Gasteiger partial charge in [-0.05, 0) is 12.1 Å². The van der Waals surface area contributed by atoms with Crippen LogP contribution in [0.3, 0.4) is 0 Å². The molecule has 1 aromatic carbocycles. The highest BCUT2D eigenvalue weighted by Gasteiger charge is 2.19. The van der Waals surface area contributed by atoms with E-state index in [0.29, 0.717) is 10.6 Å². The van der Waals surface area contributed by atoms with Gasteiger partial charge in [-0.3, -0.25) is 19.8 Å². The van der Waals surface area contributed by atoms with Crippen LogP contribution in [0.1, 0.15) is 23.2 Å². The Bertz CT molecular complexity index is 447. The highest BCUT2D eigenvalue weighted by atomic mass is 16.2. The van der Waals surface area contributed by atoms with Crippen molar-refractivity contribution in [2.75, 3.05) is 0 Å². The zero-order chi connectivity index (χ0) is 13.5. The third-order valence-electron chi connectivity index (χ3n) is 2.24. The fraction of sp³-hybridized carbons (Fsp3) is 0.182. The molecule has 0 aromatic heterocycles. The maximum atomic E-state index is 11.8. The number of amides is 3. The van der Waals surface area contributed by atoms with Crippen LogP contribution in [-0.4, -0.2) is 22.7 Å². The number of imide groups is 1. The fourth-order valence-electron chi connectivity index (χ4n) is 1.25. The van der Waals surface area contributed by atoms with Gasteiger partial charge in [0.2, 0.25) is 11.8 Å². The Kier molecular flexibility index (Phi) is 4.97. The minimum atomic E-state index is -0.646. The van der Waals surface area contributed by atoms with Crippen molar-refractivity contribution < 1.29 is 14.4 Å². The Morgan fingerprint density at radius 2 is 1.72 bits per heavy atom. The van der Waals surface area contributed by atoms with Crippen LogP contribution >= 0.6 is 0 Å². The van der Waals surface area contributed by atoms with E-state index in [1.54, 1.807) is 30.3 Å². The third-order valence-corrected chi connectivity index (χ3v) is 2.24. The molecule has 0 radical (unpaired) electrons. The van der Waals surface area contributed by atoms with Crippen LogP contribution in [0.2, 0.25) is 0 Å². The van der Waals surface area contributed by atoms with E-state index < -0.39 is 17.7 Å². The largest absolute Gasteiger partial charge is 0.294 e. The van der Waals surface area contributed by atoms with Gasteiger partial charge >= 0.3 is 0 Å². The molecule has 0 spiro atoms. The van der Waals surface area contributed by atoms with Gasteiger partial charge in [-0.25, -0.2) is 16.7 Å². The highest BCUT2D eigenvalue weighted by Crippen LogP contribution is 2.03. The summed E-state index contributed by atoms with van der Waals surface area (Å²) in [6.07, 6.45) is -0.302. The van der Waals surface area contributed by atoms with Crippen LogP contribution in [0.25, 0.3) is 0 Å². The van der Waals surface area contributed by atoms with Crippen molar-refractivity contribution in [2.24, 2.45) is 11.7 Å². The molecule has 7 heteroatoms. The summed E-state index contributed by atoms with van der Waals surface area (Å²) in [5, 5.41) is 0.499. The third kappa shape index (κ3) is 3.65. The van der Waals surface area contributed by atoms with Gasteiger partial charge < -0.3 is 0 Å². The molecule has 0 unspecified atom stereocenters. The number of carbonyl (C=O) groups is 3. The molecule has 96 valence electrons. The fourth-order valence-corrected chi connectivity index (χ4v) is 1.25. The number of benzene rings is 1. The van der Waals surface area contributed by atoms with Gasteiger partial charge in [0, 0.05) is 18.4 Å². The highest BCUT2D eigenvalue weighted by molar-refractivity contribution is 6.04. The first-order valence-electron chi connectivity index (χ1n) is 5.22. The Hall–Kier alpha value is -2.25. The van der Waals surface area contributed by atoms with Gasteiger partial charge in [-0.2, -0.15) is 0 Å². The van der Waals surface area contributed by atoms with E-state index in [4.69, 9.17) is 11.7 Å². The molecule has 18 heavy (non-hydrogen) atoms. The molecule has 0 atom stereocenters. The molecule has 1 rings (SSSR count). The van der Waals surface area contributed by atoms with Crippen LogP contribution in [-0.2, 0) is 9.59 Å². The molecule has 0 saturated heterocycles. The predicted octanol–water partition coefficient (Wildman–Crippen LogP) is -0.701. The summed E-state index contributed by atoms with van der Waals surface area (Å²) in [5.74, 6) is 8.50. The van der Waals surface area contributed by atoms with E-state index in [-0.39, 0.29) is 12.8 Å². The maximum absolute atomic E-state index is 11.8. The topological polar surface area (TPSA) is 119 Å². The minimum absolute atomic E-state index is 0.120. The summed E-state index contributed by atoms with van der Waals surface area (Å²) < 4.78 is 0. The lowest BCUT2D eigenvalue weighted by atomic mass is 10.2. The second-order valence-corrected chi connectivity index (χ2v) is 3.50. The Morgan fingerprint density at radius 1 is 1.11 bits per heavy atom. The Labute approximate surface area is 104 Å². The molecular weight excluding hydrogens is 236 g/mol. The monoisotopic (exact) mass is 250 g/mol. The molecule has 0 aliphatic heterocycles. The molecule has 7 nitrogen and oxygen atoms in total. The number of rotatable bonds is 4. The summed E-state index contributed by atoms with van der Waals surface area (Å²) in [4.78, 5) is 34.1. The molecule has 0 saturated carbocycles. The van der Waals surface area contributed by atoms with E-state index in [1.807, 2.05) is 5.43 Å². The van der Waals surface area contributed by atoms with Crippen LogP contribution < -0.4 is 17.1 Å². The van der Waals surface area contributed by atoms with Crippen LogP contribution in [0.15, 0.2) is 30.3 Å². The van der Waals surface area contributed by atoms with Crippen LogP contribution in [0.4, 0.5) is 0 Å². The molecule has 1 aromatic rings. The summed E-state index contributed by atoms with van der Waals surface area (Å²) >= 11 is 0. The Balaban J connectivity index is 2.59. The average molecular weight is 250 g/mol. The molecule has 0 aliphatic rings. The van der Waals surface area contributed by atoms with Crippen molar-refractivity contribution in [1.82, 2.24) is 10.4 Å². The van der Waals surface area contributed by atoms with Gasteiger partial charge in [0.05, 0.1) is 0 Å². The summed E-state index contributed by atoms with van der Waals surface area (Å²) in [6.45, 7) is 0. The Morgan fingerprint density at radius 3 is 2.28 bits per heavy atom. The van der Waals surface area contributed by atoms with Gasteiger partial charge in [-0.1, -0.05) is 18.2 Å². The molecule has 3 amide bonds. The first-order valence-corrected chi connectivity index (χ1v) is 5.22. The summed E-state index contributed by atoms with van der Waals surface area (Å²) in [5.41, 5.74) is 2.19. The predicted molar refractivity (Wildman–Crippen MR) is 63.4 cm³/mol. The second-order valence-electron chi connectivity index (χ2n) is 3.50. The molecule has 0 heterocycles. The molecular formula is C11H14N4O3. The van der Waals surface area contributed by atoms with Crippen molar-refractivity contribution in [3.63, 3.8) is 0 Å². The first kappa shape index (κ1) is 13.8. The number of nitrogens with one attached hydrogen (secondary N) is 1. The van der Waals surface area contributed by atoms with Crippen molar-refractivity contribution in [3.05, 3.63) is 35.9 Å². The molecule has 0 aliphatic carbocycles. The zero-order valence-electron chi connectivity index (χ0n) is 9.63. The lowest BCUT2D eigenvalue weighted by Crippen LogP contribution is -2.43. The standard InChI is InChI=1S/C11H14N4O3/c12-14-9(16)6-7-10(17)15(13)11(18)8-4-2-1-3-5-8/h1-5H,6-7,12-13H2,(H,14,16). The number of nitrogens with two attached hydrogens (primary N) is 2. The second kappa shape index (κ2) is 6.48. The summed E-state index contributed by atoms with van der Waals surface area (Å²) in [6, 6.07) is 8.15. The molecule has 0 fully saturated rings. The van der Waals surface area contributed by atoms with Crippen molar-refractivity contribution in [1.29, 1.82) is 0 Å². The van der Waals surface area contributed by atoms with Crippen LogP contribution in [0.5, 0.6) is 0 Å². The van der Waals surface area contributed by atoms with Gasteiger partial charge in [-0.15, -0.1) is 0 Å². The van der Waals surface area contributed by atoms with E-state index in [2.05, 4.69) is 0 Å². The SMILES string of the molecule is NNC(=O)CCC(=O)N(N)C(=O)c1ccccc1. The van der Waals surface area contributed by atoms with E-state index >= 15 is 0 Å². The first-order chi connectivity index (χ1) is 8.56. The quantitative estimate of drug-likeness (QED) is 0.371. The molecule has 0 bridgehead atoms.